The van der Waals surface area contributed by atoms with E-state index in [9.17, 15) is 14.4 Å². The number of likely N-dealkylation sites (tertiary alicyclic amines) is 1. The molecule has 3 fully saturated rings. The average molecular weight is 447 g/mol. The number of hydrogen-bond donors (Lipinski definition) is 0. The Labute approximate surface area is 188 Å². The van der Waals surface area contributed by atoms with E-state index < -0.39 is 0 Å². The summed E-state index contributed by atoms with van der Waals surface area (Å²) in [6, 6.07) is 5.14. The number of anilines is 1. The van der Waals surface area contributed by atoms with Gasteiger partial charge in [-0.3, -0.25) is 19.3 Å². The molecule has 0 saturated carbocycles. The van der Waals surface area contributed by atoms with Gasteiger partial charge in [-0.15, -0.1) is 0 Å². The van der Waals surface area contributed by atoms with Crippen molar-refractivity contribution in [3.05, 3.63) is 28.8 Å². The molecule has 3 saturated heterocycles. The number of rotatable bonds is 4. The van der Waals surface area contributed by atoms with Crippen LogP contribution in [0.15, 0.2) is 18.2 Å². The van der Waals surface area contributed by atoms with E-state index in [1.807, 2.05) is 9.80 Å². The minimum atomic E-state index is -0.0788. The molecular formula is C23H31ClN4O3. The van der Waals surface area contributed by atoms with Gasteiger partial charge in [0.2, 0.25) is 11.8 Å². The summed E-state index contributed by atoms with van der Waals surface area (Å²) in [5, 5.41) is 0.517. The van der Waals surface area contributed by atoms with Crippen molar-refractivity contribution in [2.24, 2.45) is 0 Å². The zero-order chi connectivity index (χ0) is 21.8. The highest BCUT2D eigenvalue weighted by Crippen LogP contribution is 2.30. The predicted octanol–water partition coefficient (Wildman–Crippen LogP) is 2.63. The van der Waals surface area contributed by atoms with E-state index in [1.54, 1.807) is 23.1 Å². The van der Waals surface area contributed by atoms with Gasteiger partial charge in [-0.2, -0.15) is 0 Å². The zero-order valence-electron chi connectivity index (χ0n) is 18.0. The lowest BCUT2D eigenvalue weighted by atomic mass is 10.1. The molecule has 31 heavy (non-hydrogen) atoms. The van der Waals surface area contributed by atoms with Crippen molar-refractivity contribution in [1.82, 2.24) is 14.7 Å². The van der Waals surface area contributed by atoms with Gasteiger partial charge in [0.05, 0.1) is 17.8 Å². The van der Waals surface area contributed by atoms with Gasteiger partial charge < -0.3 is 14.7 Å². The molecule has 1 aromatic rings. The summed E-state index contributed by atoms with van der Waals surface area (Å²) in [6.07, 6.45) is 5.90. The van der Waals surface area contributed by atoms with Crippen LogP contribution in [0.5, 0.6) is 0 Å². The minimum absolute atomic E-state index is 0.0353. The molecule has 3 aliphatic heterocycles. The fourth-order valence-electron chi connectivity index (χ4n) is 4.70. The zero-order valence-corrected chi connectivity index (χ0v) is 18.8. The van der Waals surface area contributed by atoms with Crippen LogP contribution >= 0.6 is 11.6 Å². The van der Waals surface area contributed by atoms with Gasteiger partial charge in [-0.05, 0) is 37.5 Å². The maximum absolute atomic E-state index is 13.3. The topological polar surface area (TPSA) is 64.2 Å². The fraction of sp³-hybridized carbons (Fsp3) is 0.609. The maximum atomic E-state index is 13.3. The Hall–Kier alpha value is -2.12. The molecule has 168 valence electrons. The van der Waals surface area contributed by atoms with Crippen LogP contribution in [0.1, 0.15) is 48.9 Å². The summed E-state index contributed by atoms with van der Waals surface area (Å²) in [5.41, 5.74) is 1.13. The van der Waals surface area contributed by atoms with E-state index in [-0.39, 0.29) is 17.7 Å². The van der Waals surface area contributed by atoms with Crippen molar-refractivity contribution in [3.8, 4) is 0 Å². The lowest BCUT2D eigenvalue weighted by Gasteiger charge is -2.36. The molecule has 3 heterocycles. The van der Waals surface area contributed by atoms with Crippen LogP contribution in [0.25, 0.3) is 0 Å². The molecular weight excluding hydrogens is 416 g/mol. The number of hydrogen-bond acceptors (Lipinski definition) is 4. The highest BCUT2D eigenvalue weighted by molar-refractivity contribution is 6.31. The standard InChI is InChI=1S/C23H31ClN4O3/c24-18-7-8-19(20(16-18)28-11-5-6-21(28)29)23(31)27-14-12-25(13-15-27)17-22(30)26-9-3-1-2-4-10-26/h7-8,16H,1-6,9-15,17H2. The fourth-order valence-corrected chi connectivity index (χ4v) is 4.87. The second-order valence-electron chi connectivity index (χ2n) is 8.67. The van der Waals surface area contributed by atoms with E-state index in [0.717, 1.165) is 32.4 Å². The van der Waals surface area contributed by atoms with Crippen LogP contribution in [0.3, 0.4) is 0 Å². The Bertz CT molecular complexity index is 830. The Morgan fingerprint density at radius 3 is 2.19 bits per heavy atom. The SMILES string of the molecule is O=C(CN1CCN(C(=O)c2ccc(Cl)cc2N2CCCC2=O)CC1)N1CCCCCC1. The summed E-state index contributed by atoms with van der Waals surface area (Å²) in [6.45, 7) is 5.28. The molecule has 3 aliphatic rings. The number of carbonyl (C=O) groups is 3. The van der Waals surface area contributed by atoms with Gasteiger partial charge in [0.15, 0.2) is 0 Å². The normalized spacial score (nSPS) is 20.8. The Morgan fingerprint density at radius 2 is 1.55 bits per heavy atom. The highest BCUT2D eigenvalue weighted by Gasteiger charge is 2.30. The third-order valence-corrected chi connectivity index (χ3v) is 6.77. The van der Waals surface area contributed by atoms with Crippen molar-refractivity contribution in [1.29, 1.82) is 0 Å². The third kappa shape index (κ3) is 5.21. The van der Waals surface area contributed by atoms with Crippen LogP contribution in [-0.4, -0.2) is 84.8 Å². The summed E-state index contributed by atoms with van der Waals surface area (Å²) in [7, 11) is 0. The molecule has 0 atom stereocenters. The molecule has 4 rings (SSSR count). The molecule has 0 aromatic heterocycles. The number of benzene rings is 1. The van der Waals surface area contributed by atoms with Crippen molar-refractivity contribution >= 4 is 35.0 Å². The molecule has 0 radical (unpaired) electrons. The quantitative estimate of drug-likeness (QED) is 0.713. The van der Waals surface area contributed by atoms with Gasteiger partial charge in [0.1, 0.15) is 0 Å². The second-order valence-corrected chi connectivity index (χ2v) is 9.11. The molecule has 0 unspecified atom stereocenters. The predicted molar refractivity (Wildman–Crippen MR) is 120 cm³/mol. The first-order valence-corrected chi connectivity index (χ1v) is 11.8. The van der Waals surface area contributed by atoms with Crippen LogP contribution in [0.2, 0.25) is 5.02 Å². The Kier molecular flexibility index (Phi) is 7.13. The lowest BCUT2D eigenvalue weighted by Crippen LogP contribution is -2.51. The van der Waals surface area contributed by atoms with Gasteiger partial charge in [0.25, 0.3) is 5.91 Å². The first-order chi connectivity index (χ1) is 15.0. The van der Waals surface area contributed by atoms with Gasteiger partial charge >= 0.3 is 0 Å². The van der Waals surface area contributed by atoms with Gasteiger partial charge in [-0.25, -0.2) is 0 Å². The first kappa shape index (κ1) is 22.1. The number of halogens is 1. The van der Waals surface area contributed by atoms with E-state index >= 15 is 0 Å². The van der Waals surface area contributed by atoms with E-state index in [0.29, 0.717) is 62.0 Å². The van der Waals surface area contributed by atoms with Crippen LogP contribution < -0.4 is 4.90 Å². The molecule has 0 spiro atoms. The number of carbonyl (C=O) groups excluding carboxylic acids is 3. The minimum Gasteiger partial charge on any atom is -0.342 e. The van der Waals surface area contributed by atoms with Crippen LogP contribution in [0, 0.1) is 0 Å². The van der Waals surface area contributed by atoms with E-state index in [2.05, 4.69) is 4.90 Å². The molecule has 0 aliphatic carbocycles. The average Bonchev–Trinajstić information content (AvgIpc) is 3.02. The number of piperazine rings is 1. The summed E-state index contributed by atoms with van der Waals surface area (Å²) in [4.78, 5) is 45.8. The van der Waals surface area contributed by atoms with Crippen LogP contribution in [-0.2, 0) is 9.59 Å². The Morgan fingerprint density at radius 1 is 0.839 bits per heavy atom. The van der Waals surface area contributed by atoms with Gasteiger partial charge in [-0.1, -0.05) is 24.4 Å². The highest BCUT2D eigenvalue weighted by atomic mass is 35.5. The third-order valence-electron chi connectivity index (χ3n) is 6.53. The Balaban J connectivity index is 1.36. The smallest absolute Gasteiger partial charge is 0.256 e. The van der Waals surface area contributed by atoms with Crippen LogP contribution in [0.4, 0.5) is 5.69 Å². The van der Waals surface area contributed by atoms with Crippen molar-refractivity contribution < 1.29 is 14.4 Å². The molecule has 3 amide bonds. The van der Waals surface area contributed by atoms with E-state index in [4.69, 9.17) is 11.6 Å². The summed E-state index contributed by atoms with van der Waals surface area (Å²) < 4.78 is 0. The number of amides is 3. The molecule has 8 heteroatoms. The molecule has 0 N–H and O–H groups in total. The van der Waals surface area contributed by atoms with Crippen molar-refractivity contribution in [2.45, 2.75) is 38.5 Å². The maximum Gasteiger partial charge on any atom is 0.256 e. The summed E-state index contributed by atoms with van der Waals surface area (Å²) >= 11 is 6.17. The molecule has 0 bridgehead atoms. The van der Waals surface area contributed by atoms with Crippen molar-refractivity contribution in [3.63, 3.8) is 0 Å². The van der Waals surface area contributed by atoms with E-state index in [1.165, 1.54) is 12.8 Å². The second kappa shape index (κ2) is 10.0. The largest absolute Gasteiger partial charge is 0.342 e. The molecule has 7 nitrogen and oxygen atoms in total. The van der Waals surface area contributed by atoms with Gasteiger partial charge in [0, 0.05) is 57.3 Å². The first-order valence-electron chi connectivity index (χ1n) is 11.4. The lowest BCUT2D eigenvalue weighted by molar-refractivity contribution is -0.132. The summed E-state index contributed by atoms with van der Waals surface area (Å²) in [5.74, 6) is 0.159. The number of nitrogens with zero attached hydrogens (tertiary/aromatic N) is 4. The molecule has 1 aromatic carbocycles. The van der Waals surface area contributed by atoms with Crippen molar-refractivity contribution in [2.75, 3.05) is 57.3 Å². The monoisotopic (exact) mass is 446 g/mol.